The molecule has 0 radical (unpaired) electrons. The molecule has 0 aliphatic carbocycles. The second-order valence-corrected chi connectivity index (χ2v) is 4.04. The molecular weight excluding hydrogens is 146 g/mol. The molecule has 1 heteroatoms. The molecule has 0 spiro atoms. The maximum atomic E-state index is 5.35. The summed E-state index contributed by atoms with van der Waals surface area (Å²) in [6, 6.07) is 0. The van der Waals surface area contributed by atoms with Crippen molar-refractivity contribution < 1.29 is 0 Å². The average molecular weight is 167 g/mol. The highest BCUT2D eigenvalue weighted by Crippen LogP contribution is 2.06. The van der Waals surface area contributed by atoms with Crippen molar-refractivity contribution in [1.29, 1.82) is 0 Å². The van der Waals surface area contributed by atoms with Crippen LogP contribution in [-0.2, 0) is 0 Å². The third-order valence-corrected chi connectivity index (χ3v) is 2.03. The lowest BCUT2D eigenvalue weighted by molar-refractivity contribution is 0.409. The third-order valence-electron chi connectivity index (χ3n) is 2.03. The van der Waals surface area contributed by atoms with E-state index in [1.54, 1.807) is 0 Å². The van der Waals surface area contributed by atoms with Gasteiger partial charge in [0, 0.05) is 0 Å². The SMILES string of the molecule is C#CC(C)(C)NCC(C)CCC. The van der Waals surface area contributed by atoms with Gasteiger partial charge in [0.25, 0.3) is 0 Å². The highest BCUT2D eigenvalue weighted by molar-refractivity contribution is 5.07. The van der Waals surface area contributed by atoms with E-state index in [1.807, 2.05) is 13.8 Å². The summed E-state index contributed by atoms with van der Waals surface area (Å²) in [4.78, 5) is 0. The fraction of sp³-hybridized carbons (Fsp3) is 0.818. The first kappa shape index (κ1) is 11.5. The van der Waals surface area contributed by atoms with Gasteiger partial charge in [-0.25, -0.2) is 0 Å². The maximum Gasteiger partial charge on any atom is 0.0741 e. The Hall–Kier alpha value is -0.480. The van der Waals surface area contributed by atoms with Gasteiger partial charge in [-0.3, -0.25) is 0 Å². The predicted octanol–water partition coefficient (Wildman–Crippen LogP) is 2.42. The summed E-state index contributed by atoms with van der Waals surface area (Å²) < 4.78 is 0. The standard InChI is InChI=1S/C11H21N/c1-6-8-10(3)9-12-11(4,5)7-2/h2,10,12H,6,8-9H2,1,3-5H3. The van der Waals surface area contributed by atoms with Gasteiger partial charge in [-0.2, -0.15) is 0 Å². The largest absolute Gasteiger partial charge is 0.301 e. The zero-order chi connectivity index (χ0) is 9.61. The molecule has 0 saturated heterocycles. The van der Waals surface area contributed by atoms with Gasteiger partial charge in [0.1, 0.15) is 0 Å². The molecule has 0 rings (SSSR count). The molecule has 0 saturated carbocycles. The monoisotopic (exact) mass is 167 g/mol. The molecule has 0 aromatic carbocycles. The number of rotatable bonds is 5. The van der Waals surface area contributed by atoms with Crippen LogP contribution in [0.2, 0.25) is 0 Å². The Kier molecular flexibility index (Phi) is 5.01. The van der Waals surface area contributed by atoms with Crippen molar-refractivity contribution in [3.63, 3.8) is 0 Å². The second-order valence-electron chi connectivity index (χ2n) is 4.04. The first-order valence-electron chi connectivity index (χ1n) is 4.74. The van der Waals surface area contributed by atoms with Crippen LogP contribution in [0.4, 0.5) is 0 Å². The fourth-order valence-corrected chi connectivity index (χ4v) is 1.08. The van der Waals surface area contributed by atoms with Crippen molar-refractivity contribution in [2.24, 2.45) is 5.92 Å². The number of nitrogens with one attached hydrogen (secondary N) is 1. The van der Waals surface area contributed by atoms with Crippen LogP contribution in [0.15, 0.2) is 0 Å². The average Bonchev–Trinajstić information content (AvgIpc) is 2.02. The molecule has 1 atom stereocenters. The molecule has 70 valence electrons. The molecule has 0 amide bonds. The van der Waals surface area contributed by atoms with Gasteiger partial charge in [-0.1, -0.05) is 26.2 Å². The zero-order valence-electron chi connectivity index (χ0n) is 8.78. The van der Waals surface area contributed by atoms with Crippen molar-refractivity contribution in [2.75, 3.05) is 6.54 Å². The van der Waals surface area contributed by atoms with Crippen LogP contribution >= 0.6 is 0 Å². The summed E-state index contributed by atoms with van der Waals surface area (Å²) in [5, 5.41) is 3.36. The molecule has 1 unspecified atom stereocenters. The Morgan fingerprint density at radius 3 is 2.50 bits per heavy atom. The highest BCUT2D eigenvalue weighted by atomic mass is 14.9. The van der Waals surface area contributed by atoms with Crippen LogP contribution in [-0.4, -0.2) is 12.1 Å². The summed E-state index contributed by atoms with van der Waals surface area (Å²) in [6.45, 7) is 9.55. The lowest BCUT2D eigenvalue weighted by Gasteiger charge is -2.22. The molecule has 12 heavy (non-hydrogen) atoms. The molecule has 0 aromatic heterocycles. The quantitative estimate of drug-likeness (QED) is 0.620. The number of hydrogen-bond donors (Lipinski definition) is 1. The van der Waals surface area contributed by atoms with Crippen LogP contribution < -0.4 is 5.32 Å². The van der Waals surface area contributed by atoms with E-state index < -0.39 is 0 Å². The predicted molar refractivity (Wildman–Crippen MR) is 55.0 cm³/mol. The molecule has 0 heterocycles. The minimum atomic E-state index is -0.151. The Morgan fingerprint density at radius 2 is 2.08 bits per heavy atom. The van der Waals surface area contributed by atoms with Gasteiger partial charge in [-0.15, -0.1) is 6.42 Å². The highest BCUT2D eigenvalue weighted by Gasteiger charge is 2.13. The molecule has 0 aromatic rings. The Balaban J connectivity index is 3.62. The molecule has 1 nitrogen and oxygen atoms in total. The smallest absolute Gasteiger partial charge is 0.0741 e. The van der Waals surface area contributed by atoms with E-state index in [4.69, 9.17) is 6.42 Å². The summed E-state index contributed by atoms with van der Waals surface area (Å²) in [7, 11) is 0. The number of hydrogen-bond acceptors (Lipinski definition) is 1. The van der Waals surface area contributed by atoms with Gasteiger partial charge >= 0.3 is 0 Å². The maximum absolute atomic E-state index is 5.35. The van der Waals surface area contributed by atoms with E-state index in [2.05, 4.69) is 25.1 Å². The lowest BCUT2D eigenvalue weighted by Crippen LogP contribution is -2.40. The van der Waals surface area contributed by atoms with Crippen molar-refractivity contribution in [1.82, 2.24) is 5.32 Å². The Bertz CT molecular complexity index is 153. The Morgan fingerprint density at radius 1 is 1.50 bits per heavy atom. The van der Waals surface area contributed by atoms with Gasteiger partial charge in [0.2, 0.25) is 0 Å². The van der Waals surface area contributed by atoms with Crippen molar-refractivity contribution >= 4 is 0 Å². The van der Waals surface area contributed by atoms with Crippen molar-refractivity contribution in [3.8, 4) is 12.3 Å². The van der Waals surface area contributed by atoms with Crippen molar-refractivity contribution in [3.05, 3.63) is 0 Å². The molecule has 0 aliphatic heterocycles. The van der Waals surface area contributed by atoms with E-state index in [0.717, 1.165) is 12.5 Å². The topological polar surface area (TPSA) is 12.0 Å². The van der Waals surface area contributed by atoms with Gasteiger partial charge in [-0.05, 0) is 32.7 Å². The molecule has 0 aliphatic rings. The first-order chi connectivity index (χ1) is 5.52. The minimum Gasteiger partial charge on any atom is -0.301 e. The number of terminal acetylenes is 1. The third kappa shape index (κ3) is 5.21. The van der Waals surface area contributed by atoms with Crippen LogP contribution in [0.25, 0.3) is 0 Å². The molecule has 0 bridgehead atoms. The van der Waals surface area contributed by atoms with Crippen LogP contribution in [0.1, 0.15) is 40.5 Å². The van der Waals surface area contributed by atoms with Gasteiger partial charge < -0.3 is 5.32 Å². The zero-order valence-corrected chi connectivity index (χ0v) is 8.78. The summed E-state index contributed by atoms with van der Waals surface area (Å²) in [6.07, 6.45) is 7.87. The first-order valence-corrected chi connectivity index (χ1v) is 4.74. The molecular formula is C11H21N. The van der Waals surface area contributed by atoms with Crippen LogP contribution in [0.5, 0.6) is 0 Å². The van der Waals surface area contributed by atoms with E-state index >= 15 is 0 Å². The lowest BCUT2D eigenvalue weighted by atomic mass is 10.0. The molecule has 1 N–H and O–H groups in total. The fourth-order valence-electron chi connectivity index (χ4n) is 1.08. The summed E-state index contributed by atoms with van der Waals surface area (Å²) >= 11 is 0. The van der Waals surface area contributed by atoms with E-state index in [-0.39, 0.29) is 5.54 Å². The summed E-state index contributed by atoms with van der Waals surface area (Å²) in [5.74, 6) is 3.45. The van der Waals surface area contributed by atoms with Crippen molar-refractivity contribution in [2.45, 2.75) is 46.1 Å². The van der Waals surface area contributed by atoms with E-state index in [0.29, 0.717) is 0 Å². The van der Waals surface area contributed by atoms with Crippen LogP contribution in [0, 0.1) is 18.3 Å². The normalized spacial score (nSPS) is 13.9. The second kappa shape index (κ2) is 5.22. The Labute approximate surface area is 76.9 Å². The van der Waals surface area contributed by atoms with Gasteiger partial charge in [0.05, 0.1) is 5.54 Å². The molecule has 0 fully saturated rings. The van der Waals surface area contributed by atoms with E-state index in [9.17, 15) is 0 Å². The minimum absolute atomic E-state index is 0.151. The van der Waals surface area contributed by atoms with Crippen LogP contribution in [0.3, 0.4) is 0 Å². The van der Waals surface area contributed by atoms with E-state index in [1.165, 1.54) is 12.8 Å². The summed E-state index contributed by atoms with van der Waals surface area (Å²) in [5.41, 5.74) is -0.151. The van der Waals surface area contributed by atoms with Gasteiger partial charge in [0.15, 0.2) is 0 Å².